The van der Waals surface area contributed by atoms with E-state index in [9.17, 15) is 4.79 Å². The maximum atomic E-state index is 13.9. The van der Waals surface area contributed by atoms with E-state index in [4.69, 9.17) is 21.6 Å². The normalized spacial score (nSPS) is 11.3. The Labute approximate surface area is 209 Å². The fourth-order valence-corrected chi connectivity index (χ4v) is 5.04. The largest absolute Gasteiger partial charge is 0.271 e. The monoisotopic (exact) mass is 495 g/mol. The number of rotatable bonds is 5. The molecule has 0 bridgehead atoms. The van der Waals surface area contributed by atoms with E-state index in [0.717, 1.165) is 27.9 Å². The van der Waals surface area contributed by atoms with E-state index in [1.807, 2.05) is 91.0 Å². The lowest BCUT2D eigenvalue weighted by atomic mass is 10.0. The van der Waals surface area contributed by atoms with Gasteiger partial charge in [-0.3, -0.25) is 4.79 Å². The summed E-state index contributed by atoms with van der Waals surface area (Å²) in [5.41, 5.74) is 4.58. The number of halogens is 1. The van der Waals surface area contributed by atoms with Crippen molar-refractivity contribution in [3.63, 3.8) is 0 Å². The van der Waals surface area contributed by atoms with Crippen molar-refractivity contribution in [2.45, 2.75) is 10.9 Å². The van der Waals surface area contributed by atoms with Gasteiger partial charge in [0.15, 0.2) is 10.8 Å². The second-order valence-corrected chi connectivity index (χ2v) is 9.36. The molecule has 0 atom stereocenters. The van der Waals surface area contributed by atoms with Crippen molar-refractivity contribution in [2.24, 2.45) is 0 Å². The second-order valence-electron chi connectivity index (χ2n) is 7.98. The predicted molar refractivity (Wildman–Crippen MR) is 141 cm³/mol. The number of pyridine rings is 1. The predicted octanol–water partition coefficient (Wildman–Crippen LogP) is 6.25. The van der Waals surface area contributed by atoms with E-state index in [-0.39, 0.29) is 5.56 Å². The van der Waals surface area contributed by atoms with Gasteiger partial charge in [0, 0.05) is 21.9 Å². The van der Waals surface area contributed by atoms with E-state index >= 15 is 0 Å². The van der Waals surface area contributed by atoms with Gasteiger partial charge in [-0.15, -0.1) is 5.10 Å². The first-order chi connectivity index (χ1) is 17.2. The highest BCUT2D eigenvalue weighted by Gasteiger charge is 2.19. The number of aromatic amines is 1. The number of fused-ring (bicyclic) bond motifs is 2. The molecule has 0 aliphatic rings. The fourth-order valence-electron chi connectivity index (χ4n) is 4.01. The molecule has 0 aliphatic heterocycles. The van der Waals surface area contributed by atoms with Crippen LogP contribution >= 0.6 is 23.4 Å². The van der Waals surface area contributed by atoms with Gasteiger partial charge in [0.1, 0.15) is 0 Å². The summed E-state index contributed by atoms with van der Waals surface area (Å²) in [7, 11) is 0. The van der Waals surface area contributed by atoms with Crippen LogP contribution in [0.1, 0.15) is 5.56 Å². The summed E-state index contributed by atoms with van der Waals surface area (Å²) in [6.45, 7) is 0. The van der Waals surface area contributed by atoms with Crippen molar-refractivity contribution in [3.8, 4) is 22.4 Å². The minimum atomic E-state index is -0.216. The van der Waals surface area contributed by atoms with Gasteiger partial charge in [-0.2, -0.15) is 4.98 Å². The van der Waals surface area contributed by atoms with Gasteiger partial charge in [0.2, 0.25) is 5.78 Å². The average Bonchev–Trinajstić information content (AvgIpc) is 3.31. The molecule has 6 rings (SSSR count). The van der Waals surface area contributed by atoms with E-state index in [1.54, 1.807) is 0 Å². The zero-order valence-corrected chi connectivity index (χ0v) is 19.9. The smallest absolute Gasteiger partial charge is 0.268 e. The SMILES string of the molecule is O=c1c2c(-c3ccc(Cl)cc3)cc(-c3ccccc3)nc2nc2[nH]nc(SCc3ccccc3)n12. The highest BCUT2D eigenvalue weighted by molar-refractivity contribution is 7.98. The Morgan fingerprint density at radius 2 is 1.57 bits per heavy atom. The number of benzene rings is 3. The first kappa shape index (κ1) is 21.6. The molecule has 0 radical (unpaired) electrons. The number of aromatic nitrogens is 5. The third-order valence-corrected chi connectivity index (χ3v) is 6.98. The first-order valence-corrected chi connectivity index (χ1v) is 12.3. The van der Waals surface area contributed by atoms with Crippen LogP contribution < -0.4 is 5.56 Å². The van der Waals surface area contributed by atoms with E-state index in [2.05, 4.69) is 10.2 Å². The maximum Gasteiger partial charge on any atom is 0.271 e. The van der Waals surface area contributed by atoms with Crippen molar-refractivity contribution >= 4 is 40.2 Å². The molecule has 3 aromatic carbocycles. The topological polar surface area (TPSA) is 75.9 Å². The maximum absolute atomic E-state index is 13.9. The minimum Gasteiger partial charge on any atom is -0.268 e. The molecule has 0 spiro atoms. The number of nitrogens with zero attached hydrogens (tertiary/aromatic N) is 4. The molecule has 35 heavy (non-hydrogen) atoms. The van der Waals surface area contributed by atoms with Gasteiger partial charge in [0.05, 0.1) is 11.1 Å². The van der Waals surface area contributed by atoms with Crippen molar-refractivity contribution in [1.82, 2.24) is 24.6 Å². The zero-order valence-electron chi connectivity index (χ0n) is 18.4. The van der Waals surface area contributed by atoms with Crippen molar-refractivity contribution in [1.29, 1.82) is 0 Å². The Hall–Kier alpha value is -3.94. The van der Waals surface area contributed by atoms with Crippen LogP contribution in [0.3, 0.4) is 0 Å². The molecule has 6 nitrogen and oxygen atoms in total. The minimum absolute atomic E-state index is 0.216. The van der Waals surface area contributed by atoms with E-state index in [0.29, 0.717) is 32.7 Å². The lowest BCUT2D eigenvalue weighted by Gasteiger charge is -2.10. The van der Waals surface area contributed by atoms with Gasteiger partial charge < -0.3 is 0 Å². The van der Waals surface area contributed by atoms with Crippen LogP contribution in [0.15, 0.2) is 101 Å². The molecule has 0 saturated heterocycles. The molecular weight excluding hydrogens is 478 g/mol. The lowest BCUT2D eigenvalue weighted by molar-refractivity contribution is 0.901. The molecule has 0 saturated carbocycles. The lowest BCUT2D eigenvalue weighted by Crippen LogP contribution is -2.17. The summed E-state index contributed by atoms with van der Waals surface area (Å²) in [5.74, 6) is 1.04. The standard InChI is InChI=1S/C27H18ClN5OS/c28-20-13-11-18(12-14-20)21-15-22(19-9-5-2-6-10-19)29-24-23(21)25(34)33-26(30-24)31-32-27(33)35-16-17-7-3-1-4-8-17/h1-15H,16H2,(H,29,30,31). The quantitative estimate of drug-likeness (QED) is 0.286. The zero-order chi connectivity index (χ0) is 23.8. The molecule has 0 amide bonds. The number of hydrogen-bond acceptors (Lipinski definition) is 5. The van der Waals surface area contributed by atoms with Gasteiger partial charge >= 0.3 is 0 Å². The van der Waals surface area contributed by atoms with Gasteiger partial charge in [-0.1, -0.05) is 96.2 Å². The highest BCUT2D eigenvalue weighted by Crippen LogP contribution is 2.31. The number of H-pyrrole nitrogens is 1. The van der Waals surface area contributed by atoms with Gasteiger partial charge in [-0.05, 0) is 29.3 Å². The summed E-state index contributed by atoms with van der Waals surface area (Å²) < 4.78 is 1.53. The number of hydrogen-bond donors (Lipinski definition) is 1. The van der Waals surface area contributed by atoms with Crippen molar-refractivity contribution in [3.05, 3.63) is 112 Å². The number of nitrogens with one attached hydrogen (secondary N) is 1. The summed E-state index contributed by atoms with van der Waals surface area (Å²) >= 11 is 7.62. The molecule has 3 heterocycles. The van der Waals surface area contributed by atoms with Crippen LogP contribution in [-0.4, -0.2) is 24.6 Å². The van der Waals surface area contributed by atoms with Crippen LogP contribution in [0.2, 0.25) is 5.02 Å². The molecule has 1 N–H and O–H groups in total. The Morgan fingerprint density at radius 3 is 2.31 bits per heavy atom. The first-order valence-electron chi connectivity index (χ1n) is 11.0. The van der Waals surface area contributed by atoms with E-state index in [1.165, 1.54) is 16.2 Å². The molecule has 0 fully saturated rings. The molecule has 3 aromatic heterocycles. The summed E-state index contributed by atoms with van der Waals surface area (Å²) in [5, 5.41) is 8.91. The van der Waals surface area contributed by atoms with Gasteiger partial charge in [-0.25, -0.2) is 14.5 Å². The fraction of sp³-hybridized carbons (Fsp3) is 0.0370. The van der Waals surface area contributed by atoms with Crippen LogP contribution in [0.25, 0.3) is 39.2 Å². The number of thioether (sulfide) groups is 1. The molecule has 0 unspecified atom stereocenters. The Balaban J connectivity index is 1.57. The summed E-state index contributed by atoms with van der Waals surface area (Å²) in [6.07, 6.45) is 0. The second kappa shape index (κ2) is 9.02. The van der Waals surface area contributed by atoms with Crippen LogP contribution in [0.5, 0.6) is 0 Å². The highest BCUT2D eigenvalue weighted by atomic mass is 35.5. The molecule has 6 aromatic rings. The van der Waals surface area contributed by atoms with Crippen molar-refractivity contribution in [2.75, 3.05) is 0 Å². The van der Waals surface area contributed by atoms with Gasteiger partial charge in [0.25, 0.3) is 5.56 Å². The molecular formula is C27H18ClN5OS. The Morgan fingerprint density at radius 1 is 0.857 bits per heavy atom. The third-order valence-electron chi connectivity index (χ3n) is 5.72. The van der Waals surface area contributed by atoms with E-state index < -0.39 is 0 Å². The molecule has 0 aliphatic carbocycles. The van der Waals surface area contributed by atoms with Crippen LogP contribution in [-0.2, 0) is 5.75 Å². The molecule has 8 heteroatoms. The van der Waals surface area contributed by atoms with Crippen LogP contribution in [0, 0.1) is 0 Å². The van der Waals surface area contributed by atoms with Crippen molar-refractivity contribution < 1.29 is 0 Å². The summed E-state index contributed by atoms with van der Waals surface area (Å²) in [4.78, 5) is 23.3. The average molecular weight is 496 g/mol. The Bertz CT molecular complexity index is 1710. The molecule has 170 valence electrons. The van der Waals surface area contributed by atoms with Crippen LogP contribution in [0.4, 0.5) is 0 Å². The summed E-state index contributed by atoms with van der Waals surface area (Å²) in [6, 6.07) is 29.3. The third kappa shape index (κ3) is 4.09. The Kier molecular flexibility index (Phi) is 5.56.